The topological polar surface area (TPSA) is 78.9 Å². The van der Waals surface area contributed by atoms with E-state index < -0.39 is 6.10 Å². The Hall–Kier alpha value is -3.93. The normalized spacial score (nSPS) is 12.8. The Morgan fingerprint density at radius 2 is 0.500 bits per heavy atom. The highest BCUT2D eigenvalue weighted by Gasteiger charge is 2.19. The van der Waals surface area contributed by atoms with Gasteiger partial charge in [0.2, 0.25) is 0 Å². The van der Waals surface area contributed by atoms with Gasteiger partial charge in [0.25, 0.3) is 0 Å². The van der Waals surface area contributed by atoms with E-state index in [1.807, 2.05) is 0 Å². The number of hydrogen-bond acceptors (Lipinski definition) is 6. The minimum atomic E-state index is -0.787. The van der Waals surface area contributed by atoms with E-state index in [1.165, 1.54) is 141 Å². The first-order valence-electron chi connectivity index (χ1n) is 32.9. The number of rotatable bonds is 59. The fraction of sp³-hybridized carbons (Fsp3) is 0.708. The lowest BCUT2D eigenvalue weighted by Crippen LogP contribution is -2.30. The maximum absolute atomic E-state index is 12.8. The molecule has 0 saturated heterocycles. The number of carbonyl (C=O) groups excluding carboxylic acids is 3. The molecule has 0 spiro atoms. The molecule has 78 heavy (non-hydrogen) atoms. The second-order valence-electron chi connectivity index (χ2n) is 21.6. The fourth-order valence-electron chi connectivity index (χ4n) is 9.17. The predicted octanol–water partition coefficient (Wildman–Crippen LogP) is 22.6. The van der Waals surface area contributed by atoms with Gasteiger partial charge >= 0.3 is 17.9 Å². The summed E-state index contributed by atoms with van der Waals surface area (Å²) in [6.07, 6.45) is 89.9. The summed E-state index contributed by atoms with van der Waals surface area (Å²) >= 11 is 0. The molecular formula is C72H122O6. The van der Waals surface area contributed by atoms with Crippen molar-refractivity contribution in [2.45, 2.75) is 316 Å². The van der Waals surface area contributed by atoms with Crippen LogP contribution >= 0.6 is 0 Å². The number of hydrogen-bond donors (Lipinski definition) is 0. The SMILES string of the molecule is CC/C=C\C/C=C\C/C=C\C/C=C\C/C=C\CCCCCCCCCCCCCCCCCCCCCC(=O)OCC(COC(=O)CCCCCCCCCC)OC(=O)CCCCCC/C=C\C/C=C\C/C=C\C/C=C\CC. The molecule has 0 rings (SSSR count). The third kappa shape index (κ3) is 62.9. The van der Waals surface area contributed by atoms with E-state index >= 15 is 0 Å². The highest BCUT2D eigenvalue weighted by Crippen LogP contribution is 2.17. The van der Waals surface area contributed by atoms with Crippen LogP contribution in [0, 0.1) is 0 Å². The van der Waals surface area contributed by atoms with Gasteiger partial charge in [0.1, 0.15) is 13.2 Å². The Balaban J connectivity index is 4.05. The smallest absolute Gasteiger partial charge is 0.306 e. The number of ether oxygens (including phenoxy) is 3. The summed E-state index contributed by atoms with van der Waals surface area (Å²) < 4.78 is 16.8. The van der Waals surface area contributed by atoms with Gasteiger partial charge in [-0.15, -0.1) is 0 Å². The molecule has 1 atom stereocenters. The Bertz CT molecular complexity index is 1570. The zero-order chi connectivity index (χ0) is 56.4. The second kappa shape index (κ2) is 65.6. The van der Waals surface area contributed by atoms with Crippen LogP contribution in [0.25, 0.3) is 0 Å². The largest absolute Gasteiger partial charge is 0.462 e. The first-order chi connectivity index (χ1) is 38.5. The van der Waals surface area contributed by atoms with Crippen LogP contribution in [0.2, 0.25) is 0 Å². The summed E-state index contributed by atoms with van der Waals surface area (Å²) in [4.78, 5) is 38.1. The number of allylic oxidation sites excluding steroid dienone is 18. The van der Waals surface area contributed by atoms with Crippen molar-refractivity contribution in [1.29, 1.82) is 0 Å². The maximum Gasteiger partial charge on any atom is 0.306 e. The zero-order valence-corrected chi connectivity index (χ0v) is 51.2. The Morgan fingerprint density at radius 1 is 0.269 bits per heavy atom. The van der Waals surface area contributed by atoms with Gasteiger partial charge in [-0.2, -0.15) is 0 Å². The molecule has 6 heteroatoms. The summed E-state index contributed by atoms with van der Waals surface area (Å²) in [6, 6.07) is 0. The van der Waals surface area contributed by atoms with Gasteiger partial charge in [-0.05, 0) is 103 Å². The Kier molecular flexibility index (Phi) is 62.3. The van der Waals surface area contributed by atoms with Crippen molar-refractivity contribution in [2.75, 3.05) is 13.2 Å². The van der Waals surface area contributed by atoms with Crippen LogP contribution < -0.4 is 0 Å². The third-order valence-electron chi connectivity index (χ3n) is 14.0. The molecule has 0 fully saturated rings. The molecule has 0 saturated carbocycles. The highest BCUT2D eigenvalue weighted by molar-refractivity contribution is 5.71. The second-order valence-corrected chi connectivity index (χ2v) is 21.6. The molecule has 0 heterocycles. The molecule has 0 aliphatic carbocycles. The average Bonchev–Trinajstić information content (AvgIpc) is 3.44. The minimum Gasteiger partial charge on any atom is -0.462 e. The first-order valence-corrected chi connectivity index (χ1v) is 32.9. The quantitative estimate of drug-likeness (QED) is 0.0261. The number of unbranched alkanes of at least 4 members (excludes halogenated alkanes) is 30. The van der Waals surface area contributed by atoms with Crippen molar-refractivity contribution < 1.29 is 28.6 Å². The molecular weight excluding hydrogens is 961 g/mol. The summed E-state index contributed by atoms with van der Waals surface area (Å²) in [5.74, 6) is -0.904. The monoisotopic (exact) mass is 1080 g/mol. The van der Waals surface area contributed by atoms with E-state index in [0.717, 1.165) is 128 Å². The van der Waals surface area contributed by atoms with E-state index in [-0.39, 0.29) is 31.1 Å². The van der Waals surface area contributed by atoms with Crippen LogP contribution in [0.1, 0.15) is 310 Å². The molecule has 0 bridgehead atoms. The summed E-state index contributed by atoms with van der Waals surface area (Å²) in [6.45, 7) is 6.38. The van der Waals surface area contributed by atoms with Gasteiger partial charge in [-0.3, -0.25) is 14.4 Å². The zero-order valence-electron chi connectivity index (χ0n) is 51.2. The summed E-state index contributed by atoms with van der Waals surface area (Å²) in [5.41, 5.74) is 0. The van der Waals surface area contributed by atoms with E-state index in [2.05, 4.69) is 130 Å². The lowest BCUT2D eigenvalue weighted by Gasteiger charge is -2.18. The minimum absolute atomic E-state index is 0.0845. The Labute approximate surface area is 482 Å². The molecule has 446 valence electrons. The average molecular weight is 1080 g/mol. The Morgan fingerprint density at radius 3 is 0.782 bits per heavy atom. The molecule has 0 amide bonds. The molecule has 0 aliphatic rings. The molecule has 1 unspecified atom stereocenters. The van der Waals surface area contributed by atoms with Gasteiger partial charge in [0.05, 0.1) is 0 Å². The van der Waals surface area contributed by atoms with Crippen molar-refractivity contribution >= 4 is 17.9 Å². The van der Waals surface area contributed by atoms with E-state index in [4.69, 9.17) is 14.2 Å². The molecule has 0 aliphatic heterocycles. The van der Waals surface area contributed by atoms with Crippen molar-refractivity contribution in [3.63, 3.8) is 0 Å². The van der Waals surface area contributed by atoms with E-state index in [0.29, 0.717) is 19.3 Å². The van der Waals surface area contributed by atoms with Crippen LogP contribution in [0.15, 0.2) is 109 Å². The van der Waals surface area contributed by atoms with Crippen LogP contribution in [-0.2, 0) is 28.6 Å². The van der Waals surface area contributed by atoms with Gasteiger partial charge in [-0.25, -0.2) is 0 Å². The fourth-order valence-corrected chi connectivity index (χ4v) is 9.17. The summed E-state index contributed by atoms with van der Waals surface area (Å²) in [5, 5.41) is 0. The van der Waals surface area contributed by atoms with Crippen LogP contribution in [0.4, 0.5) is 0 Å². The van der Waals surface area contributed by atoms with Gasteiger partial charge in [0.15, 0.2) is 6.10 Å². The van der Waals surface area contributed by atoms with Crippen molar-refractivity contribution in [2.24, 2.45) is 0 Å². The van der Waals surface area contributed by atoms with Crippen molar-refractivity contribution in [3.05, 3.63) is 109 Å². The van der Waals surface area contributed by atoms with Crippen LogP contribution in [-0.4, -0.2) is 37.2 Å². The number of carbonyl (C=O) groups is 3. The third-order valence-corrected chi connectivity index (χ3v) is 14.0. The van der Waals surface area contributed by atoms with Crippen molar-refractivity contribution in [1.82, 2.24) is 0 Å². The maximum atomic E-state index is 12.8. The molecule has 0 N–H and O–H groups in total. The van der Waals surface area contributed by atoms with Crippen molar-refractivity contribution in [3.8, 4) is 0 Å². The molecule has 0 aromatic rings. The lowest BCUT2D eigenvalue weighted by atomic mass is 10.0. The predicted molar refractivity (Wildman–Crippen MR) is 339 cm³/mol. The van der Waals surface area contributed by atoms with Gasteiger partial charge < -0.3 is 14.2 Å². The lowest BCUT2D eigenvalue weighted by molar-refractivity contribution is -0.167. The van der Waals surface area contributed by atoms with E-state index in [9.17, 15) is 14.4 Å². The molecule has 0 radical (unpaired) electrons. The van der Waals surface area contributed by atoms with Crippen LogP contribution in [0.5, 0.6) is 0 Å². The highest BCUT2D eigenvalue weighted by atomic mass is 16.6. The molecule has 0 aromatic carbocycles. The first kappa shape index (κ1) is 74.1. The van der Waals surface area contributed by atoms with Gasteiger partial charge in [0, 0.05) is 19.3 Å². The standard InChI is InChI=1S/C72H122O6/c1-4-7-10-13-16-19-21-23-25-27-28-29-30-31-32-33-34-35-36-37-38-39-40-41-42-43-44-46-47-49-51-53-56-59-62-65-71(74)77-68-69(67-76-70(73)64-61-58-55-18-15-12-9-6-3)78-72(75)66-63-60-57-54-52-50-48-45-26-24-22-20-17-14-11-8-5-2/h7-8,10-11,16-17,19-20,23-26,28-29,31-32,48,50,69H,4-6,9,12-15,18,21-22,27,30,33-47,49,51-68H2,1-3H3/b10-7-,11-8-,19-16-,20-17-,25-23-,26-24-,29-28-,32-31-,50-48-. The summed E-state index contributed by atoms with van der Waals surface area (Å²) in [7, 11) is 0. The van der Waals surface area contributed by atoms with Gasteiger partial charge in [-0.1, -0.05) is 297 Å². The van der Waals surface area contributed by atoms with Crippen LogP contribution in [0.3, 0.4) is 0 Å². The molecule has 0 aromatic heterocycles. The number of esters is 3. The molecule has 6 nitrogen and oxygen atoms in total. The van der Waals surface area contributed by atoms with E-state index in [1.54, 1.807) is 0 Å².